The molecule has 3 N–H and O–H groups in total. The van der Waals surface area contributed by atoms with Crippen molar-refractivity contribution in [2.24, 2.45) is 10.9 Å². The number of amidine groups is 1. The Morgan fingerprint density at radius 3 is 2.38 bits per heavy atom. The van der Waals surface area contributed by atoms with Gasteiger partial charge in [-0.05, 0) is 24.1 Å². The van der Waals surface area contributed by atoms with Gasteiger partial charge in [-0.1, -0.05) is 17.3 Å². The van der Waals surface area contributed by atoms with Crippen LogP contribution in [-0.2, 0) is 6.42 Å². The van der Waals surface area contributed by atoms with Crippen LogP contribution in [0.25, 0.3) is 0 Å². The molecular formula is C15H24N4O2. The van der Waals surface area contributed by atoms with Gasteiger partial charge in [-0.15, -0.1) is 0 Å². The van der Waals surface area contributed by atoms with Crippen molar-refractivity contribution >= 4 is 5.84 Å². The molecule has 0 atom stereocenters. The fourth-order valence-corrected chi connectivity index (χ4v) is 2.51. The summed E-state index contributed by atoms with van der Waals surface area (Å²) in [5.74, 6) is 1.18. The topological polar surface area (TPSA) is 74.3 Å². The highest BCUT2D eigenvalue weighted by Gasteiger charge is 2.17. The Kier molecular flexibility index (Phi) is 5.83. The van der Waals surface area contributed by atoms with Crippen LogP contribution in [0.15, 0.2) is 29.4 Å². The van der Waals surface area contributed by atoms with Gasteiger partial charge in [0.15, 0.2) is 5.84 Å². The third kappa shape index (κ3) is 4.91. The first-order chi connectivity index (χ1) is 10.2. The Labute approximate surface area is 125 Å². The van der Waals surface area contributed by atoms with E-state index in [2.05, 4.69) is 27.1 Å². The Hall–Kier alpha value is -1.79. The van der Waals surface area contributed by atoms with Crippen molar-refractivity contribution in [2.75, 3.05) is 46.4 Å². The number of methoxy groups -OCH3 is 1. The standard InChI is InChI=1S/C15H24N4O2/c1-21-14-4-2-13(3-5-14)6-7-18-8-10-19(11-9-18)12-15(16)17-20/h2-5,20H,6-12H2,1H3,(H2,16,17). The first kappa shape index (κ1) is 15.6. The van der Waals surface area contributed by atoms with Crippen molar-refractivity contribution < 1.29 is 9.94 Å². The van der Waals surface area contributed by atoms with E-state index in [4.69, 9.17) is 15.7 Å². The highest BCUT2D eigenvalue weighted by molar-refractivity contribution is 5.81. The van der Waals surface area contributed by atoms with E-state index in [1.165, 1.54) is 5.56 Å². The van der Waals surface area contributed by atoms with E-state index in [1.807, 2.05) is 12.1 Å². The SMILES string of the molecule is COc1ccc(CCN2CCN(CC(N)=NO)CC2)cc1. The molecule has 0 aliphatic carbocycles. The second-order valence-corrected chi connectivity index (χ2v) is 5.31. The summed E-state index contributed by atoms with van der Waals surface area (Å²) >= 11 is 0. The van der Waals surface area contributed by atoms with E-state index in [9.17, 15) is 0 Å². The quantitative estimate of drug-likeness (QED) is 0.348. The molecule has 1 aromatic rings. The van der Waals surface area contributed by atoms with Gasteiger partial charge in [-0.3, -0.25) is 4.90 Å². The van der Waals surface area contributed by atoms with Crippen LogP contribution in [0.5, 0.6) is 5.75 Å². The lowest BCUT2D eigenvalue weighted by molar-refractivity contribution is 0.146. The van der Waals surface area contributed by atoms with Gasteiger partial charge in [0.2, 0.25) is 0 Å². The second-order valence-electron chi connectivity index (χ2n) is 5.31. The van der Waals surface area contributed by atoms with Crippen molar-refractivity contribution in [1.29, 1.82) is 0 Å². The lowest BCUT2D eigenvalue weighted by Gasteiger charge is -2.34. The molecule has 6 nitrogen and oxygen atoms in total. The molecule has 0 bridgehead atoms. The van der Waals surface area contributed by atoms with E-state index in [-0.39, 0.29) is 5.84 Å². The molecule has 2 rings (SSSR count). The summed E-state index contributed by atoms with van der Waals surface area (Å²) in [4.78, 5) is 4.66. The molecule has 6 heteroatoms. The molecular weight excluding hydrogens is 268 g/mol. The Balaban J connectivity index is 1.71. The van der Waals surface area contributed by atoms with Crippen LogP contribution in [0.4, 0.5) is 0 Å². The predicted octanol–water partition coefficient (Wildman–Crippen LogP) is 0.602. The average Bonchev–Trinajstić information content (AvgIpc) is 2.54. The Morgan fingerprint density at radius 2 is 1.81 bits per heavy atom. The summed E-state index contributed by atoms with van der Waals surface area (Å²) in [6, 6.07) is 8.25. The maximum atomic E-state index is 8.58. The monoisotopic (exact) mass is 292 g/mol. The lowest BCUT2D eigenvalue weighted by Crippen LogP contribution is -2.49. The summed E-state index contributed by atoms with van der Waals surface area (Å²) in [5, 5.41) is 11.6. The van der Waals surface area contributed by atoms with Crippen LogP contribution in [-0.4, -0.2) is 67.2 Å². The molecule has 1 fully saturated rings. The largest absolute Gasteiger partial charge is 0.497 e. The number of oxime groups is 1. The number of nitrogens with two attached hydrogens (primary N) is 1. The maximum Gasteiger partial charge on any atom is 0.153 e. The molecule has 1 aromatic carbocycles. The summed E-state index contributed by atoms with van der Waals surface area (Å²) in [6.45, 7) is 5.56. The average molecular weight is 292 g/mol. The van der Waals surface area contributed by atoms with Crippen molar-refractivity contribution in [3.05, 3.63) is 29.8 Å². The van der Waals surface area contributed by atoms with Crippen molar-refractivity contribution in [2.45, 2.75) is 6.42 Å². The molecule has 0 amide bonds. The van der Waals surface area contributed by atoms with Gasteiger partial charge in [-0.25, -0.2) is 0 Å². The van der Waals surface area contributed by atoms with E-state index in [0.717, 1.165) is 44.9 Å². The Bertz CT molecular complexity index is 453. The molecule has 0 unspecified atom stereocenters. The third-order valence-corrected chi connectivity index (χ3v) is 3.85. The van der Waals surface area contributed by atoms with E-state index in [1.54, 1.807) is 7.11 Å². The molecule has 0 spiro atoms. The van der Waals surface area contributed by atoms with Crippen LogP contribution in [0.3, 0.4) is 0 Å². The molecule has 1 heterocycles. The molecule has 0 aromatic heterocycles. The van der Waals surface area contributed by atoms with Crippen LogP contribution in [0, 0.1) is 0 Å². The highest BCUT2D eigenvalue weighted by Crippen LogP contribution is 2.12. The van der Waals surface area contributed by atoms with Gasteiger partial charge in [0.05, 0.1) is 13.7 Å². The Morgan fingerprint density at radius 1 is 1.19 bits per heavy atom. The first-order valence-electron chi connectivity index (χ1n) is 7.25. The smallest absolute Gasteiger partial charge is 0.153 e. The van der Waals surface area contributed by atoms with Crippen molar-refractivity contribution in [3.8, 4) is 5.75 Å². The number of hydrogen-bond acceptors (Lipinski definition) is 5. The number of benzene rings is 1. The second kappa shape index (κ2) is 7.85. The number of piperazine rings is 1. The number of hydrogen-bond donors (Lipinski definition) is 2. The highest BCUT2D eigenvalue weighted by atomic mass is 16.5. The normalized spacial score (nSPS) is 17.9. The first-order valence-corrected chi connectivity index (χ1v) is 7.25. The fraction of sp³-hybridized carbons (Fsp3) is 0.533. The maximum absolute atomic E-state index is 8.58. The van der Waals surface area contributed by atoms with Crippen molar-refractivity contribution in [3.63, 3.8) is 0 Å². The minimum absolute atomic E-state index is 0.279. The number of ether oxygens (including phenoxy) is 1. The molecule has 0 radical (unpaired) electrons. The number of nitrogens with zero attached hydrogens (tertiary/aromatic N) is 3. The fourth-order valence-electron chi connectivity index (χ4n) is 2.51. The summed E-state index contributed by atoms with van der Waals surface area (Å²) < 4.78 is 5.16. The summed E-state index contributed by atoms with van der Waals surface area (Å²) in [7, 11) is 1.68. The van der Waals surface area contributed by atoms with Gasteiger partial charge < -0.3 is 20.6 Å². The zero-order valence-corrected chi connectivity index (χ0v) is 12.5. The minimum atomic E-state index is 0.279. The van der Waals surface area contributed by atoms with Gasteiger partial charge in [0.1, 0.15) is 5.75 Å². The molecule has 21 heavy (non-hydrogen) atoms. The van der Waals surface area contributed by atoms with Crippen LogP contribution in [0.1, 0.15) is 5.56 Å². The van der Waals surface area contributed by atoms with Crippen molar-refractivity contribution in [1.82, 2.24) is 9.80 Å². The zero-order valence-electron chi connectivity index (χ0n) is 12.5. The summed E-state index contributed by atoms with van der Waals surface area (Å²) in [5.41, 5.74) is 6.86. The van der Waals surface area contributed by atoms with Gasteiger partial charge in [-0.2, -0.15) is 0 Å². The predicted molar refractivity (Wildman–Crippen MR) is 83.0 cm³/mol. The zero-order chi connectivity index (χ0) is 15.1. The van der Waals surface area contributed by atoms with E-state index in [0.29, 0.717) is 6.54 Å². The molecule has 1 aliphatic heterocycles. The molecule has 116 valence electrons. The molecule has 0 saturated carbocycles. The molecule has 1 aliphatic rings. The lowest BCUT2D eigenvalue weighted by atomic mass is 10.1. The summed E-state index contributed by atoms with van der Waals surface area (Å²) in [6.07, 6.45) is 1.05. The third-order valence-electron chi connectivity index (χ3n) is 3.85. The van der Waals surface area contributed by atoms with Crippen LogP contribution in [0.2, 0.25) is 0 Å². The van der Waals surface area contributed by atoms with E-state index >= 15 is 0 Å². The van der Waals surface area contributed by atoms with Gasteiger partial charge in [0, 0.05) is 32.7 Å². The number of rotatable bonds is 6. The minimum Gasteiger partial charge on any atom is -0.497 e. The van der Waals surface area contributed by atoms with E-state index < -0.39 is 0 Å². The van der Waals surface area contributed by atoms with Gasteiger partial charge >= 0.3 is 0 Å². The van der Waals surface area contributed by atoms with Crippen LogP contribution < -0.4 is 10.5 Å². The van der Waals surface area contributed by atoms with Gasteiger partial charge in [0.25, 0.3) is 0 Å². The molecule has 1 saturated heterocycles. The van der Waals surface area contributed by atoms with Crippen LogP contribution >= 0.6 is 0 Å².